The number of nitrogens with one attached hydrogen (secondary N) is 4. The summed E-state index contributed by atoms with van der Waals surface area (Å²) >= 11 is 6.17. The summed E-state index contributed by atoms with van der Waals surface area (Å²) in [6, 6.07) is 9.33. The maximum absolute atomic E-state index is 13.9. The summed E-state index contributed by atoms with van der Waals surface area (Å²) in [5, 5.41) is 11.3. The Morgan fingerprint density at radius 2 is 1.85 bits per heavy atom. The molecule has 3 rings (SSSR count). The Kier molecular flexibility index (Phi) is 8.47. The molecule has 8 nitrogen and oxygen atoms in total. The topological polar surface area (TPSA) is 108 Å². The first-order valence-electron chi connectivity index (χ1n) is 10.2. The molecule has 0 radical (unpaired) electrons. The van der Waals surface area contributed by atoms with E-state index in [0.717, 1.165) is 6.08 Å². The van der Waals surface area contributed by atoms with Crippen LogP contribution >= 0.6 is 11.6 Å². The molecular formula is C23H21ClF2N6O2. The van der Waals surface area contributed by atoms with Crippen molar-refractivity contribution in [3.8, 4) is 0 Å². The Balaban J connectivity index is 1.53. The summed E-state index contributed by atoms with van der Waals surface area (Å²) in [6.07, 6.45) is 3.01. The molecule has 0 spiro atoms. The van der Waals surface area contributed by atoms with Crippen LogP contribution in [0, 0.1) is 11.6 Å². The van der Waals surface area contributed by atoms with Crippen molar-refractivity contribution in [2.45, 2.75) is 6.42 Å². The standard InChI is InChI=1S/C23H21ClF2N6O2/c1-2-20(33)31-19-12-16(8-9-18(19)26)30-21-17(24)13-29-23(32-21)28-11-3-10-27-22(34)14-4-6-15(25)7-5-14/h2,4-9,12-13H,1,3,10-11H2,(H,27,34)(H,31,33)(H2,28,29,30,32). The Morgan fingerprint density at radius 1 is 1.09 bits per heavy atom. The van der Waals surface area contributed by atoms with Gasteiger partial charge in [0.2, 0.25) is 11.9 Å². The molecule has 34 heavy (non-hydrogen) atoms. The van der Waals surface area contributed by atoms with Crippen LogP contribution in [0.3, 0.4) is 0 Å². The highest BCUT2D eigenvalue weighted by Gasteiger charge is 2.10. The van der Waals surface area contributed by atoms with Crippen molar-refractivity contribution >= 4 is 46.6 Å². The summed E-state index contributed by atoms with van der Waals surface area (Å²) < 4.78 is 26.9. The summed E-state index contributed by atoms with van der Waals surface area (Å²) in [5.74, 6) is -1.29. The minimum atomic E-state index is -0.608. The quantitative estimate of drug-likeness (QED) is 0.248. The molecule has 0 aliphatic rings. The highest BCUT2D eigenvalue weighted by Crippen LogP contribution is 2.26. The molecule has 0 aliphatic heterocycles. The van der Waals surface area contributed by atoms with Crippen LogP contribution in [0.15, 0.2) is 61.3 Å². The van der Waals surface area contributed by atoms with E-state index < -0.39 is 17.5 Å². The zero-order chi connectivity index (χ0) is 24.5. The number of amides is 2. The minimum Gasteiger partial charge on any atom is -0.354 e. The van der Waals surface area contributed by atoms with Crippen molar-refractivity contribution in [1.29, 1.82) is 0 Å². The molecule has 11 heteroatoms. The summed E-state index contributed by atoms with van der Waals surface area (Å²) in [6.45, 7) is 4.18. The van der Waals surface area contributed by atoms with Crippen LogP contribution < -0.4 is 21.3 Å². The first-order chi connectivity index (χ1) is 16.4. The Bertz CT molecular complexity index is 1190. The number of benzene rings is 2. The van der Waals surface area contributed by atoms with Crippen LogP contribution in [-0.4, -0.2) is 34.9 Å². The molecule has 2 aromatic carbocycles. The van der Waals surface area contributed by atoms with Crippen LogP contribution in [0.25, 0.3) is 0 Å². The summed E-state index contributed by atoms with van der Waals surface area (Å²) in [4.78, 5) is 31.9. The summed E-state index contributed by atoms with van der Waals surface area (Å²) in [7, 11) is 0. The molecule has 0 fully saturated rings. The number of halogens is 3. The monoisotopic (exact) mass is 486 g/mol. The van der Waals surface area contributed by atoms with E-state index in [9.17, 15) is 18.4 Å². The molecule has 2 amide bonds. The van der Waals surface area contributed by atoms with Crippen molar-refractivity contribution in [3.05, 3.63) is 83.5 Å². The molecule has 0 unspecified atom stereocenters. The lowest BCUT2D eigenvalue weighted by Gasteiger charge is -2.12. The highest BCUT2D eigenvalue weighted by atomic mass is 35.5. The normalized spacial score (nSPS) is 10.3. The van der Waals surface area contributed by atoms with E-state index in [1.807, 2.05) is 0 Å². The number of carbonyl (C=O) groups is 2. The third kappa shape index (κ3) is 6.97. The smallest absolute Gasteiger partial charge is 0.251 e. The molecule has 0 saturated carbocycles. The Morgan fingerprint density at radius 3 is 2.59 bits per heavy atom. The van der Waals surface area contributed by atoms with Gasteiger partial charge in [-0.1, -0.05) is 18.2 Å². The predicted molar refractivity (Wildman–Crippen MR) is 127 cm³/mol. The molecule has 0 bridgehead atoms. The van der Waals surface area contributed by atoms with Crippen molar-refractivity contribution in [1.82, 2.24) is 15.3 Å². The van der Waals surface area contributed by atoms with Crippen LogP contribution in [0.5, 0.6) is 0 Å². The van der Waals surface area contributed by atoms with Crippen molar-refractivity contribution in [3.63, 3.8) is 0 Å². The molecule has 1 heterocycles. The van der Waals surface area contributed by atoms with E-state index in [-0.39, 0.29) is 22.4 Å². The first-order valence-corrected chi connectivity index (χ1v) is 10.5. The molecule has 0 atom stereocenters. The fourth-order valence-corrected chi connectivity index (χ4v) is 2.89. The maximum Gasteiger partial charge on any atom is 0.251 e. The van der Waals surface area contributed by atoms with Crippen LogP contribution in [-0.2, 0) is 4.79 Å². The van der Waals surface area contributed by atoms with Gasteiger partial charge in [-0.05, 0) is 55.0 Å². The van der Waals surface area contributed by atoms with E-state index in [0.29, 0.717) is 36.7 Å². The molecule has 1 aromatic heterocycles. The van der Waals surface area contributed by atoms with Gasteiger partial charge in [0.25, 0.3) is 5.91 Å². The third-order valence-corrected chi connectivity index (χ3v) is 4.72. The van der Waals surface area contributed by atoms with Gasteiger partial charge in [0.1, 0.15) is 16.7 Å². The zero-order valence-corrected chi connectivity index (χ0v) is 18.6. The van der Waals surface area contributed by atoms with Gasteiger partial charge in [0.15, 0.2) is 5.82 Å². The average Bonchev–Trinajstić information content (AvgIpc) is 2.83. The van der Waals surface area contributed by atoms with Crippen LogP contribution in [0.1, 0.15) is 16.8 Å². The first kappa shape index (κ1) is 24.6. The number of aromatic nitrogens is 2. The van der Waals surface area contributed by atoms with Gasteiger partial charge >= 0.3 is 0 Å². The number of hydrogen-bond donors (Lipinski definition) is 4. The largest absolute Gasteiger partial charge is 0.354 e. The predicted octanol–water partition coefficient (Wildman–Crippen LogP) is 4.51. The van der Waals surface area contributed by atoms with E-state index in [2.05, 4.69) is 37.8 Å². The van der Waals surface area contributed by atoms with Crippen molar-refractivity contribution < 1.29 is 18.4 Å². The fourth-order valence-electron chi connectivity index (χ4n) is 2.75. The van der Waals surface area contributed by atoms with Gasteiger partial charge in [-0.3, -0.25) is 9.59 Å². The average molecular weight is 487 g/mol. The number of carbonyl (C=O) groups excluding carboxylic acids is 2. The minimum absolute atomic E-state index is 0.0267. The molecule has 176 valence electrons. The third-order valence-electron chi connectivity index (χ3n) is 4.45. The SMILES string of the molecule is C=CC(=O)Nc1cc(Nc2nc(NCCCNC(=O)c3ccc(F)cc3)ncc2Cl)ccc1F. The number of rotatable bonds is 10. The lowest BCUT2D eigenvalue weighted by Crippen LogP contribution is -2.25. The lowest BCUT2D eigenvalue weighted by atomic mass is 10.2. The van der Waals surface area contributed by atoms with Gasteiger partial charge in [0.05, 0.1) is 11.9 Å². The molecule has 0 saturated heterocycles. The van der Waals surface area contributed by atoms with E-state index in [1.165, 1.54) is 48.7 Å². The molecular weight excluding hydrogens is 466 g/mol. The van der Waals surface area contributed by atoms with Gasteiger partial charge in [0, 0.05) is 24.3 Å². The van der Waals surface area contributed by atoms with Crippen molar-refractivity contribution in [2.75, 3.05) is 29.0 Å². The fraction of sp³-hybridized carbons (Fsp3) is 0.130. The second-order valence-electron chi connectivity index (χ2n) is 6.95. The number of anilines is 4. The second kappa shape index (κ2) is 11.7. The molecule has 3 aromatic rings. The van der Waals surface area contributed by atoms with Crippen LogP contribution in [0.4, 0.5) is 31.9 Å². The lowest BCUT2D eigenvalue weighted by molar-refractivity contribution is -0.111. The van der Waals surface area contributed by atoms with E-state index in [1.54, 1.807) is 0 Å². The maximum atomic E-state index is 13.9. The van der Waals surface area contributed by atoms with Crippen LogP contribution in [0.2, 0.25) is 5.02 Å². The molecule has 4 N–H and O–H groups in total. The van der Waals surface area contributed by atoms with Gasteiger partial charge in [-0.25, -0.2) is 13.8 Å². The highest BCUT2D eigenvalue weighted by molar-refractivity contribution is 6.32. The number of nitrogens with zero attached hydrogens (tertiary/aromatic N) is 2. The van der Waals surface area contributed by atoms with Crippen molar-refractivity contribution in [2.24, 2.45) is 0 Å². The van der Waals surface area contributed by atoms with Gasteiger partial charge in [-0.15, -0.1) is 0 Å². The van der Waals surface area contributed by atoms with Gasteiger partial charge in [-0.2, -0.15) is 4.98 Å². The van der Waals surface area contributed by atoms with E-state index >= 15 is 0 Å². The zero-order valence-electron chi connectivity index (χ0n) is 17.9. The molecule has 0 aliphatic carbocycles. The summed E-state index contributed by atoms with van der Waals surface area (Å²) in [5.41, 5.74) is 0.788. The second-order valence-corrected chi connectivity index (χ2v) is 7.35. The Hall–Kier alpha value is -4.05. The Labute approximate surface area is 199 Å². The van der Waals surface area contributed by atoms with Gasteiger partial charge < -0.3 is 21.3 Å². The number of hydrogen-bond acceptors (Lipinski definition) is 6. The van der Waals surface area contributed by atoms with E-state index in [4.69, 9.17) is 11.6 Å².